The van der Waals surface area contributed by atoms with Crippen LogP contribution in [-0.4, -0.2) is 39.4 Å². The van der Waals surface area contributed by atoms with E-state index in [-0.39, 0.29) is 22.3 Å². The molecule has 0 bridgehead atoms. The second-order valence-electron chi connectivity index (χ2n) is 7.88. The predicted octanol–water partition coefficient (Wildman–Crippen LogP) is 3.40. The number of aliphatic hydroxyl groups is 1. The number of aromatic nitrogens is 1. The molecule has 1 aliphatic rings. The first-order valence-corrected chi connectivity index (χ1v) is 10.8. The average molecular weight is 494 g/mol. The molecule has 2 aromatic rings. The van der Waals surface area contributed by atoms with Gasteiger partial charge in [0, 0.05) is 24.5 Å². The summed E-state index contributed by atoms with van der Waals surface area (Å²) in [5.74, 6) is -2.33. The molecule has 3 rings (SSSR count). The summed E-state index contributed by atoms with van der Waals surface area (Å²) in [6.45, 7) is 3.32. The third-order valence-corrected chi connectivity index (χ3v) is 6.40. The maximum absolute atomic E-state index is 13.4. The Kier molecular flexibility index (Phi) is 6.96. The molecule has 0 radical (unpaired) electrons. The van der Waals surface area contributed by atoms with Crippen molar-refractivity contribution in [3.05, 3.63) is 51.0 Å². The lowest BCUT2D eigenvalue weighted by atomic mass is 9.93. The molecule has 0 spiro atoms. The van der Waals surface area contributed by atoms with E-state index in [1.807, 2.05) is 0 Å². The molecule has 166 valence electrons. The first-order chi connectivity index (χ1) is 14.6. The van der Waals surface area contributed by atoms with E-state index in [1.54, 1.807) is 20.9 Å². The van der Waals surface area contributed by atoms with Gasteiger partial charge in [-0.3, -0.25) is 14.4 Å². The zero-order valence-electron chi connectivity index (χ0n) is 17.6. The van der Waals surface area contributed by atoms with Gasteiger partial charge in [0.05, 0.1) is 21.8 Å². The smallest absolute Gasteiger partial charge is 0.294 e. The number of nitrogens with zero attached hydrogens (tertiary/aromatic N) is 1. The lowest BCUT2D eigenvalue weighted by Crippen LogP contribution is -2.42. The third-order valence-electron chi connectivity index (χ3n) is 5.79. The number of ketones is 1. The molecule has 0 atom stereocenters. The monoisotopic (exact) mass is 493 g/mol. The molecular weight excluding hydrogens is 469 g/mol. The SMILES string of the molecule is Cc1c(C(=O)Nc2ccc(F)c(Br)c2)c(C)n(C)c1C(=O)C(=O)N[C@H]1CC[C@@H](O)CC1. The molecule has 1 saturated carbocycles. The molecule has 1 aliphatic carbocycles. The number of halogens is 2. The summed E-state index contributed by atoms with van der Waals surface area (Å²) in [5, 5.41) is 15.0. The van der Waals surface area contributed by atoms with E-state index in [2.05, 4.69) is 26.6 Å². The lowest BCUT2D eigenvalue weighted by molar-refractivity contribution is -0.118. The number of hydrogen-bond donors (Lipinski definition) is 3. The van der Waals surface area contributed by atoms with Gasteiger partial charge in [-0.1, -0.05) is 0 Å². The van der Waals surface area contributed by atoms with Crippen molar-refractivity contribution in [2.24, 2.45) is 7.05 Å². The van der Waals surface area contributed by atoms with Crippen LogP contribution in [0, 0.1) is 19.7 Å². The van der Waals surface area contributed by atoms with Crippen LogP contribution in [0.25, 0.3) is 0 Å². The fraction of sp³-hybridized carbons (Fsp3) is 0.409. The van der Waals surface area contributed by atoms with Gasteiger partial charge >= 0.3 is 0 Å². The molecule has 0 aliphatic heterocycles. The largest absolute Gasteiger partial charge is 0.393 e. The Hall–Kier alpha value is -2.52. The molecule has 9 heteroatoms. The van der Waals surface area contributed by atoms with Gasteiger partial charge < -0.3 is 20.3 Å². The number of benzene rings is 1. The van der Waals surface area contributed by atoms with Crippen molar-refractivity contribution in [2.45, 2.75) is 51.7 Å². The Labute approximate surface area is 188 Å². The quantitative estimate of drug-likeness (QED) is 0.438. The lowest BCUT2D eigenvalue weighted by Gasteiger charge is -2.25. The minimum atomic E-state index is -0.723. The number of Topliss-reactive ketones (excluding diaryl/α,β-unsaturated/α-hetero) is 1. The first kappa shape index (κ1) is 23.1. The summed E-state index contributed by atoms with van der Waals surface area (Å²) < 4.78 is 15.2. The molecule has 0 saturated heterocycles. The van der Waals surface area contributed by atoms with Gasteiger partial charge in [0.2, 0.25) is 0 Å². The van der Waals surface area contributed by atoms with E-state index in [0.717, 1.165) is 0 Å². The van der Waals surface area contributed by atoms with E-state index < -0.39 is 23.4 Å². The summed E-state index contributed by atoms with van der Waals surface area (Å²) in [4.78, 5) is 38.4. The van der Waals surface area contributed by atoms with Crippen LogP contribution in [0.15, 0.2) is 22.7 Å². The highest BCUT2D eigenvalue weighted by Gasteiger charge is 2.30. The molecule has 3 N–H and O–H groups in total. The van der Waals surface area contributed by atoms with Crippen LogP contribution in [0.5, 0.6) is 0 Å². The van der Waals surface area contributed by atoms with Crippen molar-refractivity contribution < 1.29 is 23.9 Å². The number of amides is 2. The van der Waals surface area contributed by atoms with Crippen LogP contribution in [0.2, 0.25) is 0 Å². The minimum Gasteiger partial charge on any atom is -0.393 e. The highest BCUT2D eigenvalue weighted by atomic mass is 79.9. The standard InChI is InChI=1S/C22H25BrFN3O4/c1-11-18(21(30)26-14-6-9-17(24)16(23)10-14)12(2)27(3)19(11)20(29)22(31)25-13-4-7-15(28)8-5-13/h6,9-10,13,15,28H,4-5,7-8H2,1-3H3,(H,25,31)(H,26,30)/t13-,15+. The van der Waals surface area contributed by atoms with Crippen LogP contribution < -0.4 is 10.6 Å². The van der Waals surface area contributed by atoms with Crippen LogP contribution in [0.1, 0.15) is 57.8 Å². The topological polar surface area (TPSA) is 100 Å². The van der Waals surface area contributed by atoms with E-state index in [1.165, 1.54) is 22.8 Å². The van der Waals surface area contributed by atoms with Crippen molar-refractivity contribution >= 4 is 39.2 Å². The summed E-state index contributed by atoms with van der Waals surface area (Å²) >= 11 is 3.08. The zero-order valence-corrected chi connectivity index (χ0v) is 19.2. The van der Waals surface area contributed by atoms with Gasteiger partial charge in [0.15, 0.2) is 0 Å². The highest BCUT2D eigenvalue weighted by molar-refractivity contribution is 9.10. The number of carbonyl (C=O) groups excluding carboxylic acids is 3. The zero-order chi connectivity index (χ0) is 22.9. The van der Waals surface area contributed by atoms with Crippen molar-refractivity contribution in [1.29, 1.82) is 0 Å². The maximum Gasteiger partial charge on any atom is 0.294 e. The first-order valence-electron chi connectivity index (χ1n) is 10.1. The molecule has 0 unspecified atom stereocenters. The van der Waals surface area contributed by atoms with Crippen molar-refractivity contribution in [3.8, 4) is 0 Å². The van der Waals surface area contributed by atoms with Crippen molar-refractivity contribution in [3.63, 3.8) is 0 Å². The van der Waals surface area contributed by atoms with Crippen LogP contribution >= 0.6 is 15.9 Å². The van der Waals surface area contributed by atoms with Crippen LogP contribution in [0.4, 0.5) is 10.1 Å². The molecule has 1 aromatic carbocycles. The average Bonchev–Trinajstić information content (AvgIpc) is 2.94. The summed E-state index contributed by atoms with van der Waals surface area (Å²) in [6, 6.07) is 3.96. The Morgan fingerprint density at radius 1 is 1.16 bits per heavy atom. The maximum atomic E-state index is 13.4. The number of nitrogens with one attached hydrogen (secondary N) is 2. The molecule has 1 aromatic heterocycles. The Bertz CT molecular complexity index is 1040. The van der Waals surface area contributed by atoms with Gasteiger partial charge in [0.25, 0.3) is 17.6 Å². The van der Waals surface area contributed by atoms with Gasteiger partial charge in [0.1, 0.15) is 5.82 Å². The van der Waals surface area contributed by atoms with E-state index in [0.29, 0.717) is 48.2 Å². The molecule has 1 fully saturated rings. The van der Waals surface area contributed by atoms with E-state index >= 15 is 0 Å². The number of rotatable bonds is 5. The van der Waals surface area contributed by atoms with Crippen LogP contribution in [0.3, 0.4) is 0 Å². The number of hydrogen-bond acceptors (Lipinski definition) is 4. The Morgan fingerprint density at radius 2 is 1.81 bits per heavy atom. The van der Waals surface area contributed by atoms with Crippen molar-refractivity contribution in [2.75, 3.05) is 5.32 Å². The number of aliphatic hydroxyl groups excluding tert-OH is 1. The molecule has 31 heavy (non-hydrogen) atoms. The summed E-state index contributed by atoms with van der Waals surface area (Å²) in [7, 11) is 1.63. The normalized spacial score (nSPS) is 18.5. The van der Waals surface area contributed by atoms with Gasteiger partial charge in [-0.15, -0.1) is 0 Å². The fourth-order valence-electron chi connectivity index (χ4n) is 3.98. The second-order valence-corrected chi connectivity index (χ2v) is 8.74. The van der Waals surface area contributed by atoms with Gasteiger partial charge in [-0.05, 0) is 79.2 Å². The fourth-order valence-corrected chi connectivity index (χ4v) is 4.36. The minimum absolute atomic E-state index is 0.149. The molecular formula is C22H25BrFN3O4. The van der Waals surface area contributed by atoms with Crippen molar-refractivity contribution in [1.82, 2.24) is 9.88 Å². The van der Waals surface area contributed by atoms with Gasteiger partial charge in [-0.25, -0.2) is 4.39 Å². The Morgan fingerprint density at radius 3 is 2.42 bits per heavy atom. The number of anilines is 1. The predicted molar refractivity (Wildman–Crippen MR) is 118 cm³/mol. The third kappa shape index (κ3) is 4.88. The van der Waals surface area contributed by atoms with E-state index in [4.69, 9.17) is 0 Å². The highest BCUT2D eigenvalue weighted by Crippen LogP contribution is 2.25. The van der Waals surface area contributed by atoms with Gasteiger partial charge in [-0.2, -0.15) is 0 Å². The van der Waals surface area contributed by atoms with E-state index in [9.17, 15) is 23.9 Å². The molecule has 1 heterocycles. The summed E-state index contributed by atoms with van der Waals surface area (Å²) in [5.41, 5.74) is 1.77. The second kappa shape index (κ2) is 9.32. The number of carbonyl (C=O) groups is 3. The Balaban J connectivity index is 1.80. The summed E-state index contributed by atoms with van der Waals surface area (Å²) in [6.07, 6.45) is 2.05. The molecule has 2 amide bonds. The van der Waals surface area contributed by atoms with Crippen LogP contribution in [-0.2, 0) is 11.8 Å². The molecule has 7 nitrogen and oxygen atoms in total.